The van der Waals surface area contributed by atoms with E-state index in [1.165, 1.54) is 18.6 Å². The first-order chi connectivity index (χ1) is 10.6. The predicted molar refractivity (Wildman–Crippen MR) is 79.7 cm³/mol. The van der Waals surface area contributed by atoms with Gasteiger partial charge in [-0.2, -0.15) is 0 Å². The van der Waals surface area contributed by atoms with Crippen LogP contribution in [0.1, 0.15) is 37.4 Å². The zero-order valence-electron chi connectivity index (χ0n) is 12.6. The van der Waals surface area contributed by atoms with Crippen LogP contribution in [0.15, 0.2) is 24.3 Å². The number of nitrogens with zero attached hydrogens (tertiary/aromatic N) is 1. The quantitative estimate of drug-likeness (QED) is 0.932. The summed E-state index contributed by atoms with van der Waals surface area (Å²) in [6, 6.07) is 5.78. The minimum Gasteiger partial charge on any atom is -0.388 e. The molecule has 1 aliphatic heterocycles. The lowest BCUT2D eigenvalue weighted by Gasteiger charge is -2.42. The third-order valence-corrected chi connectivity index (χ3v) is 4.81. The average Bonchev–Trinajstić information content (AvgIpc) is 2.70. The Labute approximate surface area is 129 Å². The molecule has 4 nitrogen and oxygen atoms in total. The van der Waals surface area contributed by atoms with Gasteiger partial charge in [0.25, 0.3) is 0 Å². The number of carbonyl (C=O) groups is 1. The van der Waals surface area contributed by atoms with Crippen LogP contribution >= 0.6 is 0 Å². The fraction of sp³-hybridized carbons (Fsp3) is 0.588. The van der Waals surface area contributed by atoms with Gasteiger partial charge in [-0.3, -0.25) is 4.79 Å². The number of amides is 1. The normalized spacial score (nSPS) is 22.0. The molecule has 0 bridgehead atoms. The first kappa shape index (κ1) is 15.4. The highest BCUT2D eigenvalue weighted by Crippen LogP contribution is 2.42. The fourth-order valence-electron chi connectivity index (χ4n) is 3.31. The van der Waals surface area contributed by atoms with Gasteiger partial charge in [0.15, 0.2) is 0 Å². The molecule has 1 amide bonds. The Hall–Kier alpha value is -1.46. The summed E-state index contributed by atoms with van der Waals surface area (Å²) in [5, 5.41) is 10.2. The predicted octanol–water partition coefficient (Wildman–Crippen LogP) is 2.28. The van der Waals surface area contributed by atoms with E-state index in [0.717, 1.165) is 19.4 Å². The smallest absolute Gasteiger partial charge is 0.225 e. The van der Waals surface area contributed by atoms with Crippen molar-refractivity contribution >= 4 is 5.91 Å². The summed E-state index contributed by atoms with van der Waals surface area (Å²) in [5.41, 5.74) is 0.563. The average molecular weight is 307 g/mol. The molecule has 3 rings (SSSR count). The number of rotatable bonds is 3. The van der Waals surface area contributed by atoms with E-state index in [9.17, 15) is 14.3 Å². The van der Waals surface area contributed by atoms with Crippen molar-refractivity contribution in [3.05, 3.63) is 35.6 Å². The second-order valence-electron chi connectivity index (χ2n) is 6.50. The molecule has 1 aromatic rings. The molecule has 1 aromatic carbocycles. The number of halogens is 1. The van der Waals surface area contributed by atoms with E-state index in [1.807, 2.05) is 0 Å². The third-order valence-electron chi connectivity index (χ3n) is 4.81. The second kappa shape index (κ2) is 6.34. The summed E-state index contributed by atoms with van der Waals surface area (Å²) in [6.07, 6.45) is 2.41. The van der Waals surface area contributed by atoms with Crippen LogP contribution in [-0.4, -0.2) is 42.2 Å². The lowest BCUT2D eigenvalue weighted by molar-refractivity contribution is -0.135. The van der Waals surface area contributed by atoms with Gasteiger partial charge in [0.1, 0.15) is 5.82 Å². The molecule has 0 radical (unpaired) electrons. The van der Waals surface area contributed by atoms with Crippen molar-refractivity contribution in [2.75, 3.05) is 26.3 Å². The van der Waals surface area contributed by atoms with Crippen LogP contribution in [0, 0.1) is 11.2 Å². The molecule has 2 aliphatic rings. The van der Waals surface area contributed by atoms with Gasteiger partial charge in [-0.25, -0.2) is 4.39 Å². The monoisotopic (exact) mass is 307 g/mol. The maximum Gasteiger partial charge on any atom is 0.225 e. The van der Waals surface area contributed by atoms with Crippen molar-refractivity contribution in [3.8, 4) is 0 Å². The van der Waals surface area contributed by atoms with Crippen LogP contribution in [0.5, 0.6) is 0 Å². The molecule has 1 atom stereocenters. The zero-order valence-corrected chi connectivity index (χ0v) is 12.6. The maximum atomic E-state index is 13.2. The molecule has 1 spiro atoms. The highest BCUT2D eigenvalue weighted by molar-refractivity contribution is 5.77. The number of hydrogen-bond donors (Lipinski definition) is 1. The molecule has 120 valence electrons. The summed E-state index contributed by atoms with van der Waals surface area (Å²) in [4.78, 5) is 14.3. The van der Waals surface area contributed by atoms with E-state index in [2.05, 4.69) is 0 Å². The van der Waals surface area contributed by atoms with Crippen molar-refractivity contribution in [3.63, 3.8) is 0 Å². The number of hydrogen-bond acceptors (Lipinski definition) is 3. The second-order valence-corrected chi connectivity index (χ2v) is 6.50. The zero-order chi connectivity index (χ0) is 15.6. The molecule has 1 heterocycles. The Morgan fingerprint density at radius 3 is 2.95 bits per heavy atom. The lowest BCUT2D eigenvalue weighted by Crippen LogP contribution is -2.45. The van der Waals surface area contributed by atoms with E-state index >= 15 is 0 Å². The Kier molecular flexibility index (Phi) is 4.45. The van der Waals surface area contributed by atoms with Crippen LogP contribution < -0.4 is 0 Å². The van der Waals surface area contributed by atoms with Gasteiger partial charge in [-0.1, -0.05) is 18.6 Å². The van der Waals surface area contributed by atoms with E-state index in [-0.39, 0.29) is 17.7 Å². The van der Waals surface area contributed by atoms with E-state index < -0.39 is 11.9 Å². The Morgan fingerprint density at radius 1 is 1.45 bits per heavy atom. The van der Waals surface area contributed by atoms with Gasteiger partial charge >= 0.3 is 0 Å². The van der Waals surface area contributed by atoms with Crippen LogP contribution in [0.4, 0.5) is 4.39 Å². The third kappa shape index (κ3) is 3.31. The summed E-state index contributed by atoms with van der Waals surface area (Å²) < 4.78 is 18.8. The Bertz CT molecular complexity index is 544. The van der Waals surface area contributed by atoms with Gasteiger partial charge in [-0.05, 0) is 30.5 Å². The van der Waals surface area contributed by atoms with Crippen LogP contribution in [-0.2, 0) is 9.53 Å². The number of ether oxygens (including phenoxy) is 1. The molecule has 1 saturated heterocycles. The van der Waals surface area contributed by atoms with E-state index in [0.29, 0.717) is 25.3 Å². The fourth-order valence-corrected chi connectivity index (χ4v) is 3.31. The first-order valence-electron chi connectivity index (χ1n) is 7.87. The largest absolute Gasteiger partial charge is 0.388 e. The van der Waals surface area contributed by atoms with Gasteiger partial charge in [0.2, 0.25) is 5.91 Å². The maximum absolute atomic E-state index is 13.2. The minimum absolute atomic E-state index is 0.0144. The van der Waals surface area contributed by atoms with Crippen molar-refractivity contribution in [2.45, 2.75) is 31.8 Å². The van der Waals surface area contributed by atoms with Crippen molar-refractivity contribution in [2.24, 2.45) is 5.41 Å². The highest BCUT2D eigenvalue weighted by Gasteiger charge is 2.41. The highest BCUT2D eigenvalue weighted by atomic mass is 19.1. The standard InChI is InChI=1S/C17H22FNO3/c18-14-4-1-3-13(9-14)15(20)10-16(21)19-7-8-22-12-17(11-19)5-2-6-17/h1,3-4,9,15,20H,2,5-8,10-12H2. The molecule has 0 aromatic heterocycles. The van der Waals surface area contributed by atoms with Gasteiger partial charge in [0.05, 0.1) is 25.7 Å². The van der Waals surface area contributed by atoms with Crippen molar-refractivity contribution in [1.82, 2.24) is 4.90 Å². The summed E-state index contributed by atoms with van der Waals surface area (Å²) in [7, 11) is 0. The first-order valence-corrected chi connectivity index (χ1v) is 7.87. The molecule has 1 N–H and O–H groups in total. The number of aliphatic hydroxyl groups excluding tert-OH is 1. The molecule has 22 heavy (non-hydrogen) atoms. The molecule has 1 saturated carbocycles. The topological polar surface area (TPSA) is 49.8 Å². The molecule has 1 aliphatic carbocycles. The molecule has 1 unspecified atom stereocenters. The molecule has 2 fully saturated rings. The summed E-state index contributed by atoms with van der Waals surface area (Å²) >= 11 is 0. The van der Waals surface area contributed by atoms with E-state index in [1.54, 1.807) is 17.0 Å². The molecular formula is C17H22FNO3. The summed E-state index contributed by atoms with van der Waals surface area (Å²) in [6.45, 7) is 2.55. The van der Waals surface area contributed by atoms with Gasteiger partial charge < -0.3 is 14.7 Å². The minimum atomic E-state index is -0.968. The van der Waals surface area contributed by atoms with Gasteiger partial charge in [-0.15, -0.1) is 0 Å². The van der Waals surface area contributed by atoms with Gasteiger partial charge in [0, 0.05) is 18.5 Å². The van der Waals surface area contributed by atoms with E-state index in [4.69, 9.17) is 4.74 Å². The van der Waals surface area contributed by atoms with Crippen LogP contribution in [0.25, 0.3) is 0 Å². The Morgan fingerprint density at radius 2 is 2.27 bits per heavy atom. The van der Waals surface area contributed by atoms with Crippen LogP contribution in [0.2, 0.25) is 0 Å². The lowest BCUT2D eigenvalue weighted by atomic mass is 9.69. The Balaban J connectivity index is 1.63. The van der Waals surface area contributed by atoms with Crippen molar-refractivity contribution in [1.29, 1.82) is 0 Å². The number of aliphatic hydroxyl groups is 1. The van der Waals surface area contributed by atoms with Crippen LogP contribution in [0.3, 0.4) is 0 Å². The summed E-state index contributed by atoms with van der Waals surface area (Å²) in [5.74, 6) is -0.492. The SMILES string of the molecule is O=C(CC(O)c1cccc(F)c1)N1CCOCC2(CCC2)C1. The molecule has 5 heteroatoms. The number of carbonyl (C=O) groups excluding carboxylic acids is 1. The van der Waals surface area contributed by atoms with Crippen molar-refractivity contribution < 1.29 is 19.0 Å². The molecular weight excluding hydrogens is 285 g/mol. The number of benzene rings is 1.